The molecule has 2 aliphatic rings. The van der Waals surface area contributed by atoms with Crippen molar-refractivity contribution in [1.82, 2.24) is 24.4 Å². The lowest BCUT2D eigenvalue weighted by molar-refractivity contribution is 0.237. The van der Waals surface area contributed by atoms with E-state index in [4.69, 9.17) is 4.98 Å². The number of aryl methyl sites for hydroxylation is 1. The molecule has 2 atom stereocenters. The van der Waals surface area contributed by atoms with Gasteiger partial charge in [-0.15, -0.1) is 0 Å². The lowest BCUT2D eigenvalue weighted by Crippen LogP contribution is -2.37. The number of benzene rings is 1. The number of hydrogen-bond donors (Lipinski definition) is 0. The Bertz CT molecular complexity index is 904. The second kappa shape index (κ2) is 5.81. The molecule has 6 nitrogen and oxygen atoms in total. The Morgan fingerprint density at radius 1 is 1.04 bits per heavy atom. The van der Waals surface area contributed by atoms with Crippen LogP contribution in [0.1, 0.15) is 18.7 Å². The number of hydrogen-bond acceptors (Lipinski definition) is 5. The molecule has 0 unspecified atom stereocenters. The van der Waals surface area contributed by atoms with Crippen molar-refractivity contribution in [3.63, 3.8) is 0 Å². The smallest absolute Gasteiger partial charge is 0.148 e. The maximum absolute atomic E-state index is 4.86. The highest BCUT2D eigenvalue weighted by Gasteiger charge is 2.43. The fourth-order valence-corrected chi connectivity index (χ4v) is 4.37. The highest BCUT2D eigenvalue weighted by molar-refractivity contribution is 5.75. The molecule has 0 amide bonds. The van der Waals surface area contributed by atoms with Crippen LogP contribution < -0.4 is 4.90 Å². The van der Waals surface area contributed by atoms with Crippen LogP contribution in [0.15, 0.2) is 42.9 Å². The lowest BCUT2D eigenvalue weighted by Gasteiger charge is -2.26. The van der Waals surface area contributed by atoms with Gasteiger partial charge in [-0.05, 0) is 25.0 Å². The molecule has 1 aromatic carbocycles. The van der Waals surface area contributed by atoms with E-state index in [1.54, 1.807) is 0 Å². The number of likely N-dealkylation sites (tertiary alicyclic amines) is 1. The van der Waals surface area contributed by atoms with E-state index in [0.717, 1.165) is 42.3 Å². The zero-order valence-corrected chi connectivity index (χ0v) is 14.4. The quantitative estimate of drug-likeness (QED) is 0.735. The molecule has 0 saturated carbocycles. The zero-order chi connectivity index (χ0) is 16.8. The summed E-state index contributed by atoms with van der Waals surface area (Å²) in [5, 5.41) is 0. The molecule has 5 rings (SSSR count). The van der Waals surface area contributed by atoms with Gasteiger partial charge in [0.1, 0.15) is 11.6 Å². The van der Waals surface area contributed by atoms with Crippen molar-refractivity contribution in [3.8, 4) is 0 Å². The highest BCUT2D eigenvalue weighted by Crippen LogP contribution is 2.35. The molecular weight excluding hydrogens is 312 g/mol. The number of fused-ring (bicyclic) bond motifs is 2. The summed E-state index contributed by atoms with van der Waals surface area (Å²) in [7, 11) is 2.07. The average molecular weight is 334 g/mol. The van der Waals surface area contributed by atoms with Gasteiger partial charge in [-0.1, -0.05) is 12.1 Å². The normalized spacial score (nSPS) is 23.5. The fourth-order valence-electron chi connectivity index (χ4n) is 4.37. The summed E-state index contributed by atoms with van der Waals surface area (Å²) >= 11 is 0. The second-order valence-corrected chi connectivity index (χ2v) is 7.05. The lowest BCUT2D eigenvalue weighted by atomic mass is 10.1. The standard InChI is InChI=1S/C19H22N6/c1-23-11-8-20-19(23)13-24-9-6-17-16(24)7-10-25(17)18-12-21-14-4-2-3-5-15(14)22-18/h2-5,8,11-12,16-17H,6-7,9-10,13H2,1H3/t16-,17-/m0/s1. The fraction of sp³-hybridized carbons (Fsp3) is 0.421. The number of imidazole rings is 1. The topological polar surface area (TPSA) is 50.1 Å². The van der Waals surface area contributed by atoms with Gasteiger partial charge in [-0.3, -0.25) is 9.88 Å². The minimum atomic E-state index is 0.538. The van der Waals surface area contributed by atoms with Crippen LogP contribution in [0.3, 0.4) is 0 Å². The number of rotatable bonds is 3. The van der Waals surface area contributed by atoms with Gasteiger partial charge in [-0.25, -0.2) is 9.97 Å². The van der Waals surface area contributed by atoms with Crippen LogP contribution in [0, 0.1) is 0 Å². The maximum Gasteiger partial charge on any atom is 0.148 e. The first kappa shape index (κ1) is 14.8. The molecule has 25 heavy (non-hydrogen) atoms. The van der Waals surface area contributed by atoms with Gasteiger partial charge >= 0.3 is 0 Å². The molecule has 2 fully saturated rings. The van der Waals surface area contributed by atoms with Crippen molar-refractivity contribution in [2.75, 3.05) is 18.0 Å². The number of aromatic nitrogens is 4. The maximum atomic E-state index is 4.86. The second-order valence-electron chi connectivity index (χ2n) is 7.05. The molecular formula is C19H22N6. The molecule has 2 saturated heterocycles. The Morgan fingerprint density at radius 3 is 2.72 bits per heavy atom. The molecule has 6 heteroatoms. The van der Waals surface area contributed by atoms with Gasteiger partial charge in [0.15, 0.2) is 0 Å². The molecule has 0 radical (unpaired) electrons. The summed E-state index contributed by atoms with van der Waals surface area (Å²) < 4.78 is 2.12. The number of anilines is 1. The van der Waals surface area contributed by atoms with Crippen LogP contribution >= 0.6 is 0 Å². The molecule has 2 aromatic heterocycles. The minimum Gasteiger partial charge on any atom is -0.351 e. The van der Waals surface area contributed by atoms with E-state index in [9.17, 15) is 0 Å². The Hall–Kier alpha value is -2.47. The van der Waals surface area contributed by atoms with Gasteiger partial charge in [0.2, 0.25) is 0 Å². The van der Waals surface area contributed by atoms with Crippen LogP contribution in [0.4, 0.5) is 5.82 Å². The predicted molar refractivity (Wildman–Crippen MR) is 97.3 cm³/mol. The molecule has 2 aliphatic heterocycles. The van der Waals surface area contributed by atoms with E-state index >= 15 is 0 Å². The highest BCUT2D eigenvalue weighted by atomic mass is 15.3. The van der Waals surface area contributed by atoms with Crippen LogP contribution in [-0.4, -0.2) is 49.6 Å². The van der Waals surface area contributed by atoms with Gasteiger partial charge < -0.3 is 9.47 Å². The van der Waals surface area contributed by atoms with E-state index in [0.29, 0.717) is 12.1 Å². The molecule has 3 aromatic rings. The number of nitrogens with zero attached hydrogens (tertiary/aromatic N) is 6. The largest absolute Gasteiger partial charge is 0.351 e. The van der Waals surface area contributed by atoms with Crippen LogP contribution in [0.5, 0.6) is 0 Å². The van der Waals surface area contributed by atoms with Crippen LogP contribution in [0.2, 0.25) is 0 Å². The summed E-state index contributed by atoms with van der Waals surface area (Å²) in [4.78, 5) is 19.0. The Morgan fingerprint density at radius 2 is 1.88 bits per heavy atom. The zero-order valence-electron chi connectivity index (χ0n) is 14.4. The first-order valence-electron chi connectivity index (χ1n) is 8.98. The van der Waals surface area contributed by atoms with Crippen molar-refractivity contribution in [1.29, 1.82) is 0 Å². The van der Waals surface area contributed by atoms with Gasteiger partial charge in [0.25, 0.3) is 0 Å². The Labute approximate surface area is 147 Å². The average Bonchev–Trinajstić information content (AvgIpc) is 3.33. The van der Waals surface area contributed by atoms with Crippen molar-refractivity contribution >= 4 is 16.9 Å². The minimum absolute atomic E-state index is 0.538. The summed E-state index contributed by atoms with van der Waals surface area (Å²) in [6.07, 6.45) is 8.21. The third kappa shape index (κ3) is 2.48. The van der Waals surface area contributed by atoms with E-state index < -0.39 is 0 Å². The van der Waals surface area contributed by atoms with E-state index in [1.165, 1.54) is 12.8 Å². The predicted octanol–water partition coefficient (Wildman–Crippen LogP) is 2.22. The van der Waals surface area contributed by atoms with Crippen LogP contribution in [0.25, 0.3) is 11.0 Å². The number of para-hydroxylation sites is 2. The Kier molecular flexibility index (Phi) is 3.45. The third-order valence-electron chi connectivity index (χ3n) is 5.69. The first-order valence-corrected chi connectivity index (χ1v) is 8.98. The van der Waals surface area contributed by atoms with Crippen molar-refractivity contribution < 1.29 is 0 Å². The monoisotopic (exact) mass is 334 g/mol. The van der Waals surface area contributed by atoms with E-state index in [-0.39, 0.29) is 0 Å². The van der Waals surface area contributed by atoms with Gasteiger partial charge in [-0.2, -0.15) is 0 Å². The van der Waals surface area contributed by atoms with E-state index in [2.05, 4.69) is 31.4 Å². The SMILES string of the molecule is Cn1ccnc1CN1CC[C@H]2[C@@H]1CCN2c1cnc2ccccc2n1. The van der Waals surface area contributed by atoms with E-state index in [1.807, 2.05) is 42.9 Å². The summed E-state index contributed by atoms with van der Waals surface area (Å²) in [5.74, 6) is 2.16. The molecule has 0 spiro atoms. The van der Waals surface area contributed by atoms with Gasteiger partial charge in [0, 0.05) is 44.6 Å². The molecule has 0 aliphatic carbocycles. The van der Waals surface area contributed by atoms with Crippen molar-refractivity contribution in [2.45, 2.75) is 31.5 Å². The molecule has 128 valence electrons. The van der Waals surface area contributed by atoms with Gasteiger partial charge in [0.05, 0.1) is 23.8 Å². The van der Waals surface area contributed by atoms with Crippen LogP contribution in [-0.2, 0) is 13.6 Å². The first-order chi connectivity index (χ1) is 12.3. The molecule has 4 heterocycles. The summed E-state index contributed by atoms with van der Waals surface area (Å²) in [6.45, 7) is 3.11. The third-order valence-corrected chi connectivity index (χ3v) is 5.69. The molecule has 0 N–H and O–H groups in total. The Balaban J connectivity index is 1.38. The summed E-state index contributed by atoms with van der Waals surface area (Å²) in [5.41, 5.74) is 1.94. The molecule has 0 bridgehead atoms. The van der Waals surface area contributed by atoms with Crippen molar-refractivity contribution in [2.24, 2.45) is 7.05 Å². The summed E-state index contributed by atoms with van der Waals surface area (Å²) in [6, 6.07) is 9.22. The van der Waals surface area contributed by atoms with Crippen molar-refractivity contribution in [3.05, 3.63) is 48.7 Å².